The van der Waals surface area contributed by atoms with Crippen molar-refractivity contribution in [3.63, 3.8) is 0 Å². The van der Waals surface area contributed by atoms with E-state index >= 15 is 0 Å². The number of ether oxygens (including phenoxy) is 1. The molecular weight excluding hydrogens is 442 g/mol. The molecule has 0 unspecified atom stereocenters. The quantitative estimate of drug-likeness (QED) is 0.561. The number of hydrogen-bond acceptors (Lipinski definition) is 5. The van der Waals surface area contributed by atoms with Crippen LogP contribution in [0.3, 0.4) is 0 Å². The van der Waals surface area contributed by atoms with Crippen LogP contribution in [-0.4, -0.2) is 41.8 Å². The van der Waals surface area contributed by atoms with Crippen LogP contribution in [0.4, 0.5) is 11.8 Å². The summed E-state index contributed by atoms with van der Waals surface area (Å²) in [6, 6.07) is 10.1. The molecule has 0 bridgehead atoms. The van der Waals surface area contributed by atoms with Gasteiger partial charge in [0.1, 0.15) is 5.82 Å². The van der Waals surface area contributed by atoms with E-state index in [1.54, 1.807) is 7.11 Å². The fourth-order valence-electron chi connectivity index (χ4n) is 4.95. The molecule has 1 saturated carbocycles. The third kappa shape index (κ3) is 5.44. The van der Waals surface area contributed by atoms with Crippen molar-refractivity contribution in [1.82, 2.24) is 15.3 Å². The van der Waals surface area contributed by atoms with Gasteiger partial charge in [-0.3, -0.25) is 0 Å². The Labute approximate surface area is 201 Å². The van der Waals surface area contributed by atoms with Gasteiger partial charge < -0.3 is 20.3 Å². The van der Waals surface area contributed by atoms with Crippen LogP contribution in [0.15, 0.2) is 30.3 Å². The lowest BCUT2D eigenvalue weighted by molar-refractivity contribution is 0.396. The third-order valence-electron chi connectivity index (χ3n) is 6.71. The monoisotopic (exact) mass is 473 g/mol. The first-order valence-corrected chi connectivity index (χ1v) is 12.2. The highest BCUT2D eigenvalue weighted by atomic mass is 35.5. The first-order chi connectivity index (χ1) is 15.5. The molecule has 32 heavy (non-hydrogen) atoms. The van der Waals surface area contributed by atoms with Gasteiger partial charge >= 0.3 is 0 Å². The average Bonchev–Trinajstić information content (AvgIpc) is 3.28. The predicted molar refractivity (Wildman–Crippen MR) is 135 cm³/mol. The Bertz CT molecular complexity index is 932. The minimum absolute atomic E-state index is 0.0701. The van der Waals surface area contributed by atoms with Crippen LogP contribution in [0.25, 0.3) is 0 Å². The molecule has 2 aromatic rings. The van der Waals surface area contributed by atoms with Crippen molar-refractivity contribution in [2.24, 2.45) is 5.92 Å². The van der Waals surface area contributed by atoms with Crippen molar-refractivity contribution in [3.8, 4) is 5.88 Å². The molecule has 1 saturated heterocycles. The fourth-order valence-corrected chi connectivity index (χ4v) is 5.24. The van der Waals surface area contributed by atoms with Crippen molar-refractivity contribution in [3.05, 3.63) is 40.9 Å². The molecule has 4 rings (SSSR count). The Morgan fingerprint density at radius 2 is 1.97 bits per heavy atom. The van der Waals surface area contributed by atoms with E-state index < -0.39 is 0 Å². The molecule has 0 spiro atoms. The second-order valence-electron chi connectivity index (χ2n) is 9.09. The minimum atomic E-state index is 0.0701. The molecule has 1 aromatic heterocycles. The number of aromatic nitrogens is 2. The average molecular weight is 474 g/mol. The van der Waals surface area contributed by atoms with Gasteiger partial charge in [0, 0.05) is 36.1 Å². The molecule has 2 aliphatic rings. The van der Waals surface area contributed by atoms with Gasteiger partial charge in [-0.1, -0.05) is 43.5 Å². The summed E-state index contributed by atoms with van der Waals surface area (Å²) in [5.74, 6) is 2.52. The van der Waals surface area contributed by atoms with Crippen molar-refractivity contribution < 1.29 is 4.74 Å². The van der Waals surface area contributed by atoms with Gasteiger partial charge in [0.15, 0.2) is 5.11 Å². The highest BCUT2D eigenvalue weighted by Crippen LogP contribution is 2.41. The van der Waals surface area contributed by atoms with Gasteiger partial charge in [-0.05, 0) is 61.5 Å². The van der Waals surface area contributed by atoms with Crippen LogP contribution < -0.4 is 20.3 Å². The lowest BCUT2D eigenvalue weighted by Crippen LogP contribution is -2.41. The van der Waals surface area contributed by atoms with Crippen LogP contribution in [0.2, 0.25) is 5.02 Å². The fraction of sp³-hybridized carbons (Fsp3) is 0.542. The Balaban J connectivity index is 1.44. The maximum Gasteiger partial charge on any atom is 0.234 e. The lowest BCUT2D eigenvalue weighted by atomic mass is 9.79. The maximum absolute atomic E-state index is 6.11. The molecule has 172 valence electrons. The summed E-state index contributed by atoms with van der Waals surface area (Å²) in [5, 5.41) is 7.89. The summed E-state index contributed by atoms with van der Waals surface area (Å²) >= 11 is 11.7. The van der Waals surface area contributed by atoms with E-state index in [4.69, 9.17) is 33.5 Å². The van der Waals surface area contributed by atoms with Crippen LogP contribution in [0.5, 0.6) is 5.88 Å². The SMILES string of the molecule is COc1cc(N2CCC[C@@H](C)C2)nc(NC(=S)NCC2(c3ccc(Cl)cc3)CCCC2)n1. The molecule has 2 N–H and O–H groups in total. The van der Waals surface area contributed by atoms with Crippen molar-refractivity contribution in [2.45, 2.75) is 50.9 Å². The van der Waals surface area contributed by atoms with Crippen LogP contribution in [0.1, 0.15) is 51.0 Å². The zero-order chi connectivity index (χ0) is 22.6. The summed E-state index contributed by atoms with van der Waals surface area (Å²) in [7, 11) is 1.63. The van der Waals surface area contributed by atoms with Crippen molar-refractivity contribution in [1.29, 1.82) is 0 Å². The van der Waals surface area contributed by atoms with E-state index in [1.165, 1.54) is 31.2 Å². The molecule has 8 heteroatoms. The number of benzene rings is 1. The van der Waals surface area contributed by atoms with E-state index in [0.717, 1.165) is 43.3 Å². The standard InChI is InChI=1S/C24H32ClN5OS/c1-17-6-5-13-30(15-17)20-14-21(31-2)28-22(27-20)29-23(32)26-16-24(11-3-4-12-24)18-7-9-19(25)10-8-18/h7-10,14,17H,3-6,11-13,15-16H2,1-2H3,(H2,26,27,28,29,32)/t17-/m1/s1. The smallest absolute Gasteiger partial charge is 0.234 e. The molecule has 2 fully saturated rings. The molecule has 1 aliphatic carbocycles. The first-order valence-electron chi connectivity index (χ1n) is 11.5. The highest BCUT2D eigenvalue weighted by molar-refractivity contribution is 7.80. The van der Waals surface area contributed by atoms with Crippen molar-refractivity contribution in [2.75, 3.05) is 37.0 Å². The van der Waals surface area contributed by atoms with Crippen LogP contribution in [0, 0.1) is 5.92 Å². The second kappa shape index (κ2) is 10.2. The van der Waals surface area contributed by atoms with E-state index in [1.807, 2.05) is 18.2 Å². The number of rotatable bonds is 6. The zero-order valence-corrected chi connectivity index (χ0v) is 20.4. The van der Waals surface area contributed by atoms with Crippen molar-refractivity contribution >= 4 is 40.7 Å². The van der Waals surface area contributed by atoms with E-state index in [0.29, 0.717) is 22.9 Å². The van der Waals surface area contributed by atoms with E-state index in [2.05, 4.69) is 39.6 Å². The summed E-state index contributed by atoms with van der Waals surface area (Å²) in [5.41, 5.74) is 1.38. The lowest BCUT2D eigenvalue weighted by Gasteiger charge is -2.32. The zero-order valence-electron chi connectivity index (χ0n) is 18.9. The largest absolute Gasteiger partial charge is 0.481 e. The Morgan fingerprint density at radius 1 is 1.22 bits per heavy atom. The van der Waals surface area contributed by atoms with Gasteiger partial charge in [-0.25, -0.2) is 0 Å². The molecule has 2 heterocycles. The normalized spacial score (nSPS) is 20.1. The van der Waals surface area contributed by atoms with Gasteiger partial charge in [0.05, 0.1) is 7.11 Å². The Hall–Kier alpha value is -2.12. The molecular formula is C24H32ClN5OS. The Morgan fingerprint density at radius 3 is 2.66 bits per heavy atom. The van der Waals surface area contributed by atoms with Gasteiger partial charge in [0.2, 0.25) is 11.8 Å². The number of nitrogens with one attached hydrogen (secondary N) is 2. The number of piperidine rings is 1. The second-order valence-corrected chi connectivity index (χ2v) is 9.93. The first kappa shape index (κ1) is 23.1. The third-order valence-corrected chi connectivity index (χ3v) is 7.21. The van der Waals surface area contributed by atoms with E-state index in [-0.39, 0.29) is 5.41 Å². The number of thiocarbonyl (C=S) groups is 1. The summed E-state index contributed by atoms with van der Waals surface area (Å²) < 4.78 is 5.43. The molecule has 6 nitrogen and oxygen atoms in total. The summed E-state index contributed by atoms with van der Waals surface area (Å²) in [4.78, 5) is 11.5. The number of anilines is 2. The van der Waals surface area contributed by atoms with Gasteiger partial charge in [-0.2, -0.15) is 9.97 Å². The number of hydrogen-bond donors (Lipinski definition) is 2. The van der Waals surface area contributed by atoms with E-state index in [9.17, 15) is 0 Å². The number of nitrogens with zero attached hydrogens (tertiary/aromatic N) is 3. The number of methoxy groups -OCH3 is 1. The molecule has 0 amide bonds. The van der Waals surface area contributed by atoms with Gasteiger partial charge in [-0.15, -0.1) is 0 Å². The summed E-state index contributed by atoms with van der Waals surface area (Å²) in [6.07, 6.45) is 7.15. The topological polar surface area (TPSA) is 62.3 Å². The van der Waals surface area contributed by atoms with Gasteiger partial charge in [0.25, 0.3) is 0 Å². The molecule has 1 atom stereocenters. The maximum atomic E-state index is 6.11. The minimum Gasteiger partial charge on any atom is -0.481 e. The van der Waals surface area contributed by atoms with Crippen LogP contribution in [-0.2, 0) is 5.41 Å². The summed E-state index contributed by atoms with van der Waals surface area (Å²) in [6.45, 7) is 5.03. The molecule has 0 radical (unpaired) electrons. The predicted octanol–water partition coefficient (Wildman–Crippen LogP) is 5.17. The van der Waals surface area contributed by atoms with Crippen LogP contribution >= 0.6 is 23.8 Å². The highest BCUT2D eigenvalue weighted by Gasteiger charge is 2.35. The Kier molecular flexibility index (Phi) is 7.36. The molecule has 1 aromatic carbocycles. The molecule has 1 aliphatic heterocycles. The number of halogens is 1.